The van der Waals surface area contributed by atoms with E-state index in [-0.39, 0.29) is 4.90 Å². The number of hydrogen-bond donors (Lipinski definition) is 2. The van der Waals surface area contributed by atoms with E-state index in [1.807, 2.05) is 20.0 Å². The van der Waals surface area contributed by atoms with E-state index >= 15 is 0 Å². The monoisotopic (exact) mass is 372 g/mol. The highest BCUT2D eigenvalue weighted by Gasteiger charge is 2.21. The van der Waals surface area contributed by atoms with Crippen LogP contribution in [0.25, 0.3) is 11.3 Å². The first kappa shape index (κ1) is 18.2. The molecule has 0 fully saturated rings. The Hall–Kier alpha value is -2.64. The molecule has 0 unspecified atom stereocenters. The quantitative estimate of drug-likeness (QED) is 0.666. The van der Waals surface area contributed by atoms with E-state index in [4.69, 9.17) is 8.97 Å². The molecular weight excluding hydrogens is 352 g/mol. The Morgan fingerprint density at radius 3 is 2.42 bits per heavy atom. The predicted octanol–water partition coefficient (Wildman–Crippen LogP) is 3.72. The lowest BCUT2D eigenvalue weighted by Crippen LogP contribution is -2.02. The molecule has 2 aromatic carbocycles. The zero-order chi connectivity index (χ0) is 18.7. The second kappa shape index (κ2) is 7.31. The van der Waals surface area contributed by atoms with Crippen molar-refractivity contribution in [3.8, 4) is 11.3 Å². The lowest BCUT2D eigenvalue weighted by atomic mass is 9.93. The number of aromatic nitrogens is 1. The van der Waals surface area contributed by atoms with Crippen LogP contribution in [0.15, 0.2) is 57.8 Å². The number of nitrogens with zero attached hydrogens (tertiary/aromatic N) is 1. The largest absolute Gasteiger partial charge is 0.423 e. The van der Waals surface area contributed by atoms with Crippen molar-refractivity contribution in [2.75, 3.05) is 12.4 Å². The van der Waals surface area contributed by atoms with Gasteiger partial charge < -0.3 is 9.73 Å². The molecule has 4 rings (SSSR count). The fraction of sp³-hybridized carbons (Fsp3) is 0.211. The summed E-state index contributed by atoms with van der Waals surface area (Å²) < 4.78 is 35.2. The summed E-state index contributed by atoms with van der Waals surface area (Å²) in [6, 6.07) is 14.9. The third-order valence-corrected chi connectivity index (χ3v) is 4.99. The number of aryl methyl sites for hydroxylation is 3. The van der Waals surface area contributed by atoms with Crippen molar-refractivity contribution in [1.29, 1.82) is 0 Å². The molecule has 6 nitrogen and oxygen atoms in total. The standard InChI is InChI=1S/C12H12N2O.C7H8O3S/c1-13-12-14-10-7-6-8-4-2-3-5-9(8)11(10)15-12;1-6-2-4-7(5-3-6)11(8,9)10/h2-5H,6-7H2,1H3,(H,13,14);2-5H,1H3,(H,8,9,10). The van der Waals surface area contributed by atoms with Crippen LogP contribution >= 0.6 is 0 Å². The zero-order valence-corrected chi connectivity index (χ0v) is 15.4. The molecule has 1 aromatic heterocycles. The van der Waals surface area contributed by atoms with Crippen molar-refractivity contribution >= 4 is 16.1 Å². The fourth-order valence-electron chi connectivity index (χ4n) is 2.76. The van der Waals surface area contributed by atoms with Crippen LogP contribution in [0.3, 0.4) is 0 Å². The van der Waals surface area contributed by atoms with Crippen LogP contribution in [0.1, 0.15) is 16.8 Å². The first-order valence-electron chi connectivity index (χ1n) is 8.18. The van der Waals surface area contributed by atoms with Gasteiger partial charge in [0, 0.05) is 12.6 Å². The van der Waals surface area contributed by atoms with Gasteiger partial charge in [0.1, 0.15) is 0 Å². The van der Waals surface area contributed by atoms with Gasteiger partial charge in [-0.25, -0.2) is 0 Å². The molecule has 0 saturated carbocycles. The lowest BCUT2D eigenvalue weighted by molar-refractivity contribution is 0.483. The molecular formula is C19H20N2O4S. The summed E-state index contributed by atoms with van der Waals surface area (Å²) in [6.45, 7) is 1.84. The molecule has 0 radical (unpaired) electrons. The van der Waals surface area contributed by atoms with Gasteiger partial charge in [-0.15, -0.1) is 0 Å². The van der Waals surface area contributed by atoms with Crippen LogP contribution in [0.2, 0.25) is 0 Å². The second-order valence-corrected chi connectivity index (χ2v) is 7.41. The summed E-state index contributed by atoms with van der Waals surface area (Å²) in [5.74, 6) is 0.932. The maximum atomic E-state index is 10.5. The predicted molar refractivity (Wildman–Crippen MR) is 99.9 cm³/mol. The molecule has 1 aliphatic rings. The van der Waals surface area contributed by atoms with Crippen molar-refractivity contribution in [1.82, 2.24) is 4.98 Å². The van der Waals surface area contributed by atoms with Gasteiger partial charge in [-0.05, 0) is 37.5 Å². The lowest BCUT2D eigenvalue weighted by Gasteiger charge is -2.12. The SMILES string of the molecule is CNc1nc2c(o1)-c1ccccc1CC2.Cc1ccc(S(=O)(=O)O)cc1. The summed E-state index contributed by atoms with van der Waals surface area (Å²) in [7, 11) is -2.20. The van der Waals surface area contributed by atoms with Gasteiger partial charge in [0.25, 0.3) is 16.1 Å². The van der Waals surface area contributed by atoms with Crippen LogP contribution in [0.5, 0.6) is 0 Å². The van der Waals surface area contributed by atoms with E-state index in [0.717, 1.165) is 29.9 Å². The Labute approximate surface area is 152 Å². The van der Waals surface area contributed by atoms with E-state index in [0.29, 0.717) is 6.01 Å². The molecule has 0 amide bonds. The summed E-state index contributed by atoms with van der Waals surface area (Å²) in [5.41, 5.74) is 4.56. The molecule has 0 aliphatic heterocycles. The highest BCUT2D eigenvalue weighted by molar-refractivity contribution is 7.85. The minimum Gasteiger partial charge on any atom is -0.423 e. The molecule has 7 heteroatoms. The molecule has 3 aromatic rings. The molecule has 1 aliphatic carbocycles. The number of nitrogens with one attached hydrogen (secondary N) is 1. The van der Waals surface area contributed by atoms with E-state index in [9.17, 15) is 8.42 Å². The molecule has 0 saturated heterocycles. The molecule has 26 heavy (non-hydrogen) atoms. The summed E-state index contributed by atoms with van der Waals surface area (Å²) in [4.78, 5) is 4.32. The topological polar surface area (TPSA) is 92.4 Å². The Balaban J connectivity index is 0.000000160. The van der Waals surface area contributed by atoms with Gasteiger partial charge in [0.15, 0.2) is 5.76 Å². The second-order valence-electron chi connectivity index (χ2n) is 5.99. The van der Waals surface area contributed by atoms with Gasteiger partial charge in [0.2, 0.25) is 0 Å². The van der Waals surface area contributed by atoms with Crippen molar-refractivity contribution in [2.24, 2.45) is 0 Å². The van der Waals surface area contributed by atoms with Crippen molar-refractivity contribution in [3.63, 3.8) is 0 Å². The summed E-state index contributed by atoms with van der Waals surface area (Å²) in [5, 5.41) is 2.94. The van der Waals surface area contributed by atoms with Gasteiger partial charge in [0.05, 0.1) is 10.6 Å². The number of rotatable bonds is 2. The number of benzene rings is 2. The molecule has 0 spiro atoms. The highest BCUT2D eigenvalue weighted by atomic mass is 32.2. The maximum Gasteiger partial charge on any atom is 0.295 e. The van der Waals surface area contributed by atoms with Crippen LogP contribution in [-0.2, 0) is 23.0 Å². The zero-order valence-electron chi connectivity index (χ0n) is 14.6. The molecule has 136 valence electrons. The third-order valence-electron chi connectivity index (χ3n) is 4.12. The minimum absolute atomic E-state index is 0.0666. The van der Waals surface area contributed by atoms with E-state index in [1.54, 1.807) is 12.1 Å². The first-order valence-corrected chi connectivity index (χ1v) is 9.62. The minimum atomic E-state index is -4.02. The molecule has 2 N–H and O–H groups in total. The molecule has 1 heterocycles. The summed E-state index contributed by atoms with van der Waals surface area (Å²) >= 11 is 0. The van der Waals surface area contributed by atoms with Crippen molar-refractivity contribution in [3.05, 3.63) is 65.4 Å². The Morgan fingerprint density at radius 1 is 1.08 bits per heavy atom. The average Bonchev–Trinajstić information content (AvgIpc) is 3.06. The fourth-order valence-corrected chi connectivity index (χ4v) is 3.24. The van der Waals surface area contributed by atoms with E-state index in [2.05, 4.69) is 28.5 Å². The van der Waals surface area contributed by atoms with Gasteiger partial charge in [-0.3, -0.25) is 4.55 Å². The van der Waals surface area contributed by atoms with Crippen LogP contribution in [-0.4, -0.2) is 25.0 Å². The Morgan fingerprint density at radius 2 is 1.77 bits per heavy atom. The smallest absolute Gasteiger partial charge is 0.295 e. The maximum absolute atomic E-state index is 10.5. The Kier molecular flexibility index (Phi) is 5.11. The number of oxazole rings is 1. The summed E-state index contributed by atoms with van der Waals surface area (Å²) in [6.07, 6.45) is 2.02. The highest BCUT2D eigenvalue weighted by Crippen LogP contribution is 2.34. The third kappa shape index (κ3) is 3.95. The molecule has 0 bridgehead atoms. The number of hydrogen-bond acceptors (Lipinski definition) is 5. The average molecular weight is 372 g/mol. The Bertz CT molecular complexity index is 1010. The van der Waals surface area contributed by atoms with Gasteiger partial charge >= 0.3 is 0 Å². The normalized spacial score (nSPS) is 12.4. The van der Waals surface area contributed by atoms with Gasteiger partial charge in [-0.1, -0.05) is 42.0 Å². The van der Waals surface area contributed by atoms with E-state index < -0.39 is 10.1 Å². The van der Waals surface area contributed by atoms with Crippen molar-refractivity contribution < 1.29 is 17.4 Å². The van der Waals surface area contributed by atoms with Crippen molar-refractivity contribution in [2.45, 2.75) is 24.7 Å². The molecule has 0 atom stereocenters. The van der Waals surface area contributed by atoms with Gasteiger partial charge in [-0.2, -0.15) is 13.4 Å². The number of anilines is 1. The first-order chi connectivity index (χ1) is 12.4. The van der Waals surface area contributed by atoms with Crippen LogP contribution in [0, 0.1) is 6.92 Å². The van der Waals surface area contributed by atoms with Crippen LogP contribution in [0.4, 0.5) is 6.01 Å². The van der Waals surface area contributed by atoms with Crippen LogP contribution < -0.4 is 5.32 Å². The van der Waals surface area contributed by atoms with E-state index in [1.165, 1.54) is 23.3 Å². The number of fused-ring (bicyclic) bond motifs is 3.